The van der Waals surface area contributed by atoms with E-state index >= 15 is 0 Å². The zero-order chi connectivity index (χ0) is 14.5. The Kier molecular flexibility index (Phi) is 5.87. The Labute approximate surface area is 127 Å². The van der Waals surface area contributed by atoms with Crippen LogP contribution in [0.15, 0.2) is 0 Å². The molecular formula is C15H27ClN4. The summed E-state index contributed by atoms with van der Waals surface area (Å²) in [4.78, 5) is 2.50. The van der Waals surface area contributed by atoms with Gasteiger partial charge in [-0.1, -0.05) is 18.5 Å². The summed E-state index contributed by atoms with van der Waals surface area (Å²) in [6.07, 6.45) is 3.79. The Morgan fingerprint density at radius 2 is 2.05 bits per heavy atom. The molecule has 0 radical (unpaired) electrons. The van der Waals surface area contributed by atoms with E-state index in [-0.39, 0.29) is 0 Å². The van der Waals surface area contributed by atoms with Gasteiger partial charge in [-0.15, -0.1) is 0 Å². The third-order valence-electron chi connectivity index (χ3n) is 4.20. The molecule has 2 heterocycles. The molecular weight excluding hydrogens is 272 g/mol. The Morgan fingerprint density at radius 1 is 1.35 bits per heavy atom. The maximum Gasteiger partial charge on any atom is 0.0860 e. The first-order valence-electron chi connectivity index (χ1n) is 7.72. The largest absolute Gasteiger partial charge is 0.316 e. The fraction of sp³-hybridized carbons (Fsp3) is 0.800. The monoisotopic (exact) mass is 298 g/mol. The van der Waals surface area contributed by atoms with Crippen LogP contribution in [0.3, 0.4) is 0 Å². The summed E-state index contributed by atoms with van der Waals surface area (Å²) in [7, 11) is 1.98. The highest BCUT2D eigenvalue weighted by Gasteiger charge is 2.21. The molecule has 0 spiro atoms. The van der Waals surface area contributed by atoms with E-state index in [0.29, 0.717) is 0 Å². The SMILES string of the molecule is CCCNCC1CCN(Cc2c(Cl)c(C)nn2C)CC1. The number of aromatic nitrogens is 2. The minimum atomic E-state index is 0.833. The molecule has 0 atom stereocenters. The molecule has 20 heavy (non-hydrogen) atoms. The van der Waals surface area contributed by atoms with Gasteiger partial charge in [0.25, 0.3) is 0 Å². The predicted molar refractivity (Wildman–Crippen MR) is 84.1 cm³/mol. The van der Waals surface area contributed by atoms with Crippen molar-refractivity contribution in [3.8, 4) is 0 Å². The Morgan fingerprint density at radius 3 is 2.60 bits per heavy atom. The van der Waals surface area contributed by atoms with Gasteiger partial charge in [0, 0.05) is 13.6 Å². The molecule has 0 bridgehead atoms. The van der Waals surface area contributed by atoms with E-state index in [0.717, 1.165) is 35.4 Å². The lowest BCUT2D eigenvalue weighted by atomic mass is 9.96. The summed E-state index contributed by atoms with van der Waals surface area (Å²) in [5.74, 6) is 0.835. The van der Waals surface area contributed by atoms with Gasteiger partial charge in [0.1, 0.15) is 0 Å². The molecule has 0 amide bonds. The Hall–Kier alpha value is -0.580. The van der Waals surface area contributed by atoms with Gasteiger partial charge in [0.15, 0.2) is 0 Å². The maximum atomic E-state index is 6.33. The maximum absolute atomic E-state index is 6.33. The second-order valence-corrected chi connectivity index (χ2v) is 6.27. The average molecular weight is 299 g/mol. The van der Waals surface area contributed by atoms with Crippen molar-refractivity contribution < 1.29 is 0 Å². The van der Waals surface area contributed by atoms with Gasteiger partial charge in [-0.3, -0.25) is 9.58 Å². The van der Waals surface area contributed by atoms with Gasteiger partial charge < -0.3 is 5.32 Å². The van der Waals surface area contributed by atoms with Gasteiger partial charge in [-0.2, -0.15) is 5.10 Å². The van der Waals surface area contributed by atoms with Crippen LogP contribution >= 0.6 is 11.6 Å². The highest BCUT2D eigenvalue weighted by Crippen LogP contribution is 2.23. The molecule has 0 unspecified atom stereocenters. The van der Waals surface area contributed by atoms with Crippen molar-refractivity contribution in [2.75, 3.05) is 26.2 Å². The summed E-state index contributed by atoms with van der Waals surface area (Å²) in [6, 6.07) is 0. The van der Waals surface area contributed by atoms with E-state index in [4.69, 9.17) is 11.6 Å². The van der Waals surface area contributed by atoms with Crippen LogP contribution in [0.25, 0.3) is 0 Å². The number of nitrogens with one attached hydrogen (secondary N) is 1. The van der Waals surface area contributed by atoms with Crippen LogP contribution in [0, 0.1) is 12.8 Å². The molecule has 114 valence electrons. The number of piperidine rings is 1. The Bertz CT molecular complexity index is 422. The van der Waals surface area contributed by atoms with Crippen LogP contribution in [-0.2, 0) is 13.6 Å². The topological polar surface area (TPSA) is 33.1 Å². The third-order valence-corrected chi connectivity index (χ3v) is 4.69. The Balaban J connectivity index is 1.79. The zero-order valence-electron chi connectivity index (χ0n) is 13.0. The van der Waals surface area contributed by atoms with Gasteiger partial charge >= 0.3 is 0 Å². The van der Waals surface area contributed by atoms with Gasteiger partial charge in [-0.25, -0.2) is 0 Å². The van der Waals surface area contributed by atoms with Gasteiger partial charge in [0.2, 0.25) is 0 Å². The number of nitrogens with zero attached hydrogens (tertiary/aromatic N) is 3. The van der Waals surface area contributed by atoms with E-state index in [9.17, 15) is 0 Å². The van der Waals surface area contributed by atoms with Crippen LogP contribution in [0.5, 0.6) is 0 Å². The molecule has 1 N–H and O–H groups in total. The van der Waals surface area contributed by atoms with Gasteiger partial charge in [-0.05, 0) is 58.3 Å². The second-order valence-electron chi connectivity index (χ2n) is 5.89. The molecule has 1 saturated heterocycles. The van der Waals surface area contributed by atoms with E-state index in [1.54, 1.807) is 0 Å². The van der Waals surface area contributed by atoms with Crippen LogP contribution in [0.1, 0.15) is 37.6 Å². The highest BCUT2D eigenvalue weighted by molar-refractivity contribution is 6.31. The van der Waals surface area contributed by atoms with Crippen LogP contribution in [0.2, 0.25) is 5.02 Å². The minimum Gasteiger partial charge on any atom is -0.316 e. The van der Waals surface area contributed by atoms with Gasteiger partial charge in [0.05, 0.1) is 16.4 Å². The van der Waals surface area contributed by atoms with E-state index < -0.39 is 0 Å². The quantitative estimate of drug-likeness (QED) is 0.820. The summed E-state index contributed by atoms with van der Waals surface area (Å²) >= 11 is 6.33. The molecule has 0 saturated carbocycles. The third kappa shape index (κ3) is 3.96. The fourth-order valence-electron chi connectivity index (χ4n) is 2.90. The first-order chi connectivity index (χ1) is 9.61. The van der Waals surface area contributed by atoms with Crippen molar-refractivity contribution in [2.24, 2.45) is 13.0 Å². The average Bonchev–Trinajstić information content (AvgIpc) is 2.67. The molecule has 1 aromatic heterocycles. The molecule has 0 aromatic carbocycles. The molecule has 1 aromatic rings. The number of halogens is 1. The first kappa shape index (κ1) is 15.8. The predicted octanol–water partition coefficient (Wildman–Crippen LogP) is 2.59. The zero-order valence-corrected chi connectivity index (χ0v) is 13.7. The smallest absolute Gasteiger partial charge is 0.0860 e. The van der Waals surface area contributed by atoms with Crippen LogP contribution in [0.4, 0.5) is 0 Å². The lowest BCUT2D eigenvalue weighted by molar-refractivity contribution is 0.172. The standard InChI is InChI=1S/C15H27ClN4/c1-4-7-17-10-13-5-8-20(9-6-13)11-14-15(16)12(2)18-19(14)3/h13,17H,4-11H2,1-3H3. The lowest BCUT2D eigenvalue weighted by Gasteiger charge is -2.32. The number of hydrogen-bond donors (Lipinski definition) is 1. The molecule has 2 rings (SSSR count). The van der Waals surface area contributed by atoms with Crippen molar-refractivity contribution in [1.29, 1.82) is 0 Å². The van der Waals surface area contributed by atoms with Crippen molar-refractivity contribution in [3.63, 3.8) is 0 Å². The molecule has 1 fully saturated rings. The normalized spacial score (nSPS) is 17.8. The number of aryl methyl sites for hydroxylation is 2. The second kappa shape index (κ2) is 7.43. The molecule has 5 heteroatoms. The minimum absolute atomic E-state index is 0.833. The van der Waals surface area contributed by atoms with Crippen molar-refractivity contribution >= 4 is 11.6 Å². The number of rotatable bonds is 6. The van der Waals surface area contributed by atoms with Crippen molar-refractivity contribution in [2.45, 2.75) is 39.7 Å². The molecule has 4 nitrogen and oxygen atoms in total. The summed E-state index contributed by atoms with van der Waals surface area (Å²) < 4.78 is 1.92. The lowest BCUT2D eigenvalue weighted by Crippen LogP contribution is -2.37. The molecule has 1 aliphatic heterocycles. The number of hydrogen-bond acceptors (Lipinski definition) is 3. The van der Waals surface area contributed by atoms with Crippen LogP contribution in [-0.4, -0.2) is 40.9 Å². The van der Waals surface area contributed by atoms with Crippen molar-refractivity contribution in [3.05, 3.63) is 16.4 Å². The first-order valence-corrected chi connectivity index (χ1v) is 8.10. The molecule has 0 aliphatic carbocycles. The summed E-state index contributed by atoms with van der Waals surface area (Å²) in [5.41, 5.74) is 2.08. The number of likely N-dealkylation sites (tertiary alicyclic amines) is 1. The van der Waals surface area contributed by atoms with Crippen LogP contribution < -0.4 is 5.32 Å². The summed E-state index contributed by atoms with van der Waals surface area (Å²) in [6.45, 7) is 9.76. The summed E-state index contributed by atoms with van der Waals surface area (Å²) in [5, 5.41) is 8.76. The van der Waals surface area contributed by atoms with Crippen molar-refractivity contribution in [1.82, 2.24) is 20.0 Å². The van der Waals surface area contributed by atoms with E-state index in [1.165, 1.54) is 38.9 Å². The molecule has 1 aliphatic rings. The highest BCUT2D eigenvalue weighted by atomic mass is 35.5. The van der Waals surface area contributed by atoms with E-state index in [2.05, 4.69) is 22.2 Å². The fourth-order valence-corrected chi connectivity index (χ4v) is 3.12. The van der Waals surface area contributed by atoms with E-state index in [1.807, 2.05) is 18.7 Å².